The van der Waals surface area contributed by atoms with Crippen LogP contribution in [0.15, 0.2) is 28.9 Å². The number of nitrogens with two attached hydrogens (primary N) is 1. The van der Waals surface area contributed by atoms with Gasteiger partial charge in [0.25, 0.3) is 5.91 Å². The number of hydrogen-bond donors (Lipinski definition) is 2. The molecule has 2 aromatic rings. The fraction of sp³-hybridized carbons (Fsp3) is 0.0769. The Balaban J connectivity index is 2.36. The van der Waals surface area contributed by atoms with Crippen LogP contribution in [0.1, 0.15) is 15.9 Å². The molecule has 0 saturated heterocycles. The highest BCUT2D eigenvalue weighted by atomic mass is 79.9. The molecule has 0 aliphatic rings. The minimum Gasteiger partial charge on any atom is -0.397 e. The topological polar surface area (TPSA) is 68.0 Å². The average molecular weight is 342 g/mol. The largest absolute Gasteiger partial charge is 0.397 e. The minimum absolute atomic E-state index is 0.129. The van der Waals surface area contributed by atoms with Gasteiger partial charge < -0.3 is 11.1 Å². The van der Waals surface area contributed by atoms with Crippen molar-refractivity contribution in [3.8, 4) is 0 Å². The van der Waals surface area contributed by atoms with Crippen molar-refractivity contribution < 1.29 is 13.6 Å². The number of carbonyl (C=O) groups is 1. The zero-order valence-corrected chi connectivity index (χ0v) is 12.0. The smallest absolute Gasteiger partial charge is 0.262 e. The van der Waals surface area contributed by atoms with Crippen LogP contribution in [0, 0.1) is 18.6 Å². The molecule has 0 bridgehead atoms. The standard InChI is InChI=1S/C13H10BrF2N3O/c1-6-2-3-9(15)10(11(6)16)13(20)19-12-8(14)4-7(17)5-18-12/h2-5H,17H2,1H3,(H,18,19,20). The Labute approximate surface area is 122 Å². The number of pyridine rings is 1. The summed E-state index contributed by atoms with van der Waals surface area (Å²) in [5, 5.41) is 2.33. The molecule has 1 amide bonds. The van der Waals surface area contributed by atoms with Crippen LogP contribution in [0.25, 0.3) is 0 Å². The zero-order chi connectivity index (χ0) is 14.9. The number of nitrogens with zero attached hydrogens (tertiary/aromatic N) is 1. The van der Waals surface area contributed by atoms with Gasteiger partial charge in [-0.3, -0.25) is 4.79 Å². The van der Waals surface area contributed by atoms with Crippen molar-refractivity contribution in [2.75, 3.05) is 11.1 Å². The average Bonchev–Trinajstić information content (AvgIpc) is 2.38. The van der Waals surface area contributed by atoms with E-state index in [2.05, 4.69) is 26.2 Å². The van der Waals surface area contributed by atoms with Gasteiger partial charge >= 0.3 is 0 Å². The highest BCUT2D eigenvalue weighted by Crippen LogP contribution is 2.23. The first kappa shape index (κ1) is 14.4. The number of benzene rings is 1. The summed E-state index contributed by atoms with van der Waals surface area (Å²) in [5.41, 5.74) is 5.44. The molecule has 7 heteroatoms. The van der Waals surface area contributed by atoms with Gasteiger partial charge in [-0.25, -0.2) is 13.8 Å². The van der Waals surface area contributed by atoms with Crippen LogP contribution in [0.4, 0.5) is 20.3 Å². The first-order chi connectivity index (χ1) is 9.40. The summed E-state index contributed by atoms with van der Waals surface area (Å²) in [6, 6.07) is 3.82. The van der Waals surface area contributed by atoms with Crippen LogP contribution in [-0.4, -0.2) is 10.9 Å². The lowest BCUT2D eigenvalue weighted by Gasteiger charge is -2.09. The third kappa shape index (κ3) is 2.77. The first-order valence-electron chi connectivity index (χ1n) is 5.57. The summed E-state index contributed by atoms with van der Waals surface area (Å²) in [5.74, 6) is -2.61. The summed E-state index contributed by atoms with van der Waals surface area (Å²) >= 11 is 3.15. The van der Waals surface area contributed by atoms with E-state index in [1.165, 1.54) is 25.3 Å². The molecular formula is C13H10BrF2N3O. The highest BCUT2D eigenvalue weighted by Gasteiger charge is 2.20. The van der Waals surface area contributed by atoms with Crippen molar-refractivity contribution in [1.82, 2.24) is 4.98 Å². The third-order valence-corrected chi connectivity index (χ3v) is 3.21. The van der Waals surface area contributed by atoms with Gasteiger partial charge in [-0.1, -0.05) is 6.07 Å². The molecule has 0 radical (unpaired) electrons. The van der Waals surface area contributed by atoms with Gasteiger partial charge in [-0.15, -0.1) is 0 Å². The number of carbonyl (C=O) groups excluding carboxylic acids is 1. The molecule has 0 aliphatic carbocycles. The van der Waals surface area contributed by atoms with Crippen molar-refractivity contribution in [3.63, 3.8) is 0 Å². The zero-order valence-electron chi connectivity index (χ0n) is 10.4. The Morgan fingerprint density at radius 3 is 2.75 bits per heavy atom. The van der Waals surface area contributed by atoms with E-state index in [-0.39, 0.29) is 11.4 Å². The minimum atomic E-state index is -0.933. The monoisotopic (exact) mass is 341 g/mol. The van der Waals surface area contributed by atoms with Gasteiger partial charge in [0.2, 0.25) is 0 Å². The van der Waals surface area contributed by atoms with E-state index >= 15 is 0 Å². The van der Waals surface area contributed by atoms with E-state index in [1.807, 2.05) is 0 Å². The molecule has 4 nitrogen and oxygen atoms in total. The SMILES string of the molecule is Cc1ccc(F)c(C(=O)Nc2ncc(N)cc2Br)c1F. The number of amides is 1. The fourth-order valence-corrected chi connectivity index (χ4v) is 2.05. The number of aromatic nitrogens is 1. The number of hydrogen-bond acceptors (Lipinski definition) is 3. The second kappa shape index (κ2) is 5.54. The normalized spacial score (nSPS) is 10.4. The maximum atomic E-state index is 13.8. The van der Waals surface area contributed by atoms with Crippen molar-refractivity contribution >= 4 is 33.3 Å². The molecule has 0 unspecified atom stereocenters. The molecule has 3 N–H and O–H groups in total. The lowest BCUT2D eigenvalue weighted by Crippen LogP contribution is -2.17. The van der Waals surface area contributed by atoms with Gasteiger partial charge in [0.15, 0.2) is 0 Å². The molecule has 1 aromatic carbocycles. The number of nitrogens with one attached hydrogen (secondary N) is 1. The van der Waals surface area contributed by atoms with Gasteiger partial charge in [0.05, 0.1) is 16.4 Å². The Morgan fingerprint density at radius 1 is 1.40 bits per heavy atom. The van der Waals surface area contributed by atoms with Gasteiger partial charge in [-0.05, 0) is 40.5 Å². The van der Waals surface area contributed by atoms with E-state index in [9.17, 15) is 13.6 Å². The summed E-state index contributed by atoms with van der Waals surface area (Å²) in [6.45, 7) is 1.45. The number of halogens is 3. The van der Waals surface area contributed by atoms with Crippen LogP contribution in [0.3, 0.4) is 0 Å². The molecule has 0 spiro atoms. The van der Waals surface area contributed by atoms with E-state index < -0.39 is 23.1 Å². The molecule has 20 heavy (non-hydrogen) atoms. The first-order valence-corrected chi connectivity index (χ1v) is 6.36. The van der Waals surface area contributed by atoms with Crippen LogP contribution >= 0.6 is 15.9 Å². The van der Waals surface area contributed by atoms with Crippen LogP contribution in [0.5, 0.6) is 0 Å². The number of rotatable bonds is 2. The van der Waals surface area contributed by atoms with E-state index in [0.717, 1.165) is 6.07 Å². The molecule has 2 rings (SSSR count). The second-order valence-electron chi connectivity index (χ2n) is 4.11. The maximum absolute atomic E-state index is 13.8. The summed E-state index contributed by atoms with van der Waals surface area (Å²) in [6.07, 6.45) is 1.32. The Morgan fingerprint density at radius 2 is 2.10 bits per heavy atom. The van der Waals surface area contributed by atoms with Crippen LogP contribution in [0.2, 0.25) is 0 Å². The van der Waals surface area contributed by atoms with Gasteiger partial charge in [0.1, 0.15) is 23.0 Å². The van der Waals surface area contributed by atoms with E-state index in [4.69, 9.17) is 5.73 Å². The van der Waals surface area contributed by atoms with Crippen LogP contribution in [-0.2, 0) is 0 Å². The Bertz CT molecular complexity index is 692. The lowest BCUT2D eigenvalue weighted by molar-refractivity contribution is 0.101. The third-order valence-electron chi connectivity index (χ3n) is 2.61. The quantitative estimate of drug-likeness (QED) is 0.880. The predicted octanol–water partition coefficient (Wildman–Crippen LogP) is 3.27. The van der Waals surface area contributed by atoms with Crippen molar-refractivity contribution in [2.45, 2.75) is 6.92 Å². The van der Waals surface area contributed by atoms with Crippen molar-refractivity contribution in [1.29, 1.82) is 0 Å². The molecule has 104 valence electrons. The maximum Gasteiger partial charge on any atom is 0.262 e. The molecule has 0 fully saturated rings. The predicted molar refractivity (Wildman–Crippen MR) is 75.4 cm³/mol. The van der Waals surface area contributed by atoms with Crippen LogP contribution < -0.4 is 11.1 Å². The van der Waals surface area contributed by atoms with Crippen molar-refractivity contribution in [3.05, 3.63) is 51.6 Å². The summed E-state index contributed by atoms with van der Waals surface area (Å²) < 4.78 is 27.8. The summed E-state index contributed by atoms with van der Waals surface area (Å²) in [7, 11) is 0. The fourth-order valence-electron chi connectivity index (χ4n) is 1.58. The highest BCUT2D eigenvalue weighted by molar-refractivity contribution is 9.10. The molecule has 0 atom stereocenters. The molecule has 0 aliphatic heterocycles. The Kier molecular flexibility index (Phi) is 3.99. The van der Waals surface area contributed by atoms with Gasteiger partial charge in [-0.2, -0.15) is 0 Å². The number of anilines is 2. The van der Waals surface area contributed by atoms with Crippen molar-refractivity contribution in [2.24, 2.45) is 0 Å². The molecular weight excluding hydrogens is 332 g/mol. The van der Waals surface area contributed by atoms with E-state index in [1.54, 1.807) is 0 Å². The molecule has 1 heterocycles. The second-order valence-corrected chi connectivity index (χ2v) is 4.96. The number of nitrogen functional groups attached to an aromatic ring is 1. The van der Waals surface area contributed by atoms with Gasteiger partial charge in [0, 0.05) is 0 Å². The summed E-state index contributed by atoms with van der Waals surface area (Å²) in [4.78, 5) is 15.8. The Hall–Kier alpha value is -2.02. The lowest BCUT2D eigenvalue weighted by atomic mass is 10.1. The number of aryl methyl sites for hydroxylation is 1. The molecule has 0 saturated carbocycles. The molecule has 1 aromatic heterocycles. The van der Waals surface area contributed by atoms with E-state index in [0.29, 0.717) is 10.2 Å².